The van der Waals surface area contributed by atoms with Crippen molar-refractivity contribution in [3.05, 3.63) is 53.6 Å². The number of anilines is 1. The highest BCUT2D eigenvalue weighted by atomic mass is 19.1. The molecule has 10 heteroatoms. The zero-order valence-corrected chi connectivity index (χ0v) is 19.8. The third-order valence-electron chi connectivity index (χ3n) is 6.82. The van der Waals surface area contributed by atoms with Crippen LogP contribution in [0.25, 0.3) is 5.52 Å². The maximum atomic E-state index is 15.1. The second-order valence-electron chi connectivity index (χ2n) is 8.80. The minimum atomic E-state index is -0.475. The number of rotatable bonds is 6. The molecular weight excluding hydrogens is 453 g/mol. The molecule has 0 unspecified atom stereocenters. The number of halogens is 1. The molecule has 35 heavy (non-hydrogen) atoms. The van der Waals surface area contributed by atoms with E-state index in [2.05, 4.69) is 10.4 Å². The molecule has 2 aromatic heterocycles. The van der Waals surface area contributed by atoms with E-state index in [1.54, 1.807) is 42.2 Å². The number of aromatic nitrogens is 2. The van der Waals surface area contributed by atoms with Crippen LogP contribution < -0.4 is 19.7 Å². The fourth-order valence-electron chi connectivity index (χ4n) is 4.87. The van der Waals surface area contributed by atoms with E-state index in [1.807, 2.05) is 0 Å². The Labute approximate surface area is 202 Å². The van der Waals surface area contributed by atoms with Gasteiger partial charge in [-0.25, -0.2) is 13.7 Å². The van der Waals surface area contributed by atoms with Gasteiger partial charge < -0.3 is 14.8 Å². The number of hydrogen-bond acceptors (Lipinski definition) is 6. The largest absolute Gasteiger partial charge is 0.497 e. The molecule has 0 atom stereocenters. The third-order valence-corrected chi connectivity index (χ3v) is 6.82. The lowest BCUT2D eigenvalue weighted by Gasteiger charge is -2.34. The molecular formula is C25H28FN5O4. The Hall–Kier alpha value is -3.66. The summed E-state index contributed by atoms with van der Waals surface area (Å²) in [6.07, 6.45) is 5.17. The lowest BCUT2D eigenvalue weighted by molar-refractivity contribution is -0.129. The van der Waals surface area contributed by atoms with E-state index in [1.165, 1.54) is 23.0 Å². The van der Waals surface area contributed by atoms with Crippen LogP contribution in [0, 0.1) is 5.82 Å². The van der Waals surface area contributed by atoms with Crippen LogP contribution in [-0.4, -0.2) is 60.3 Å². The summed E-state index contributed by atoms with van der Waals surface area (Å²) in [5, 5.41) is 7.70. The van der Waals surface area contributed by atoms with Gasteiger partial charge in [-0.3, -0.25) is 14.6 Å². The number of nitrogens with one attached hydrogen (secondary N) is 1. The Morgan fingerprint density at radius 3 is 2.69 bits per heavy atom. The zero-order valence-electron chi connectivity index (χ0n) is 19.8. The summed E-state index contributed by atoms with van der Waals surface area (Å²) in [7, 11) is 3.08. The molecule has 1 aromatic carbocycles. The molecule has 184 valence electrons. The van der Waals surface area contributed by atoms with Gasteiger partial charge in [0, 0.05) is 42.4 Å². The highest BCUT2D eigenvalue weighted by molar-refractivity contribution is 6.07. The van der Waals surface area contributed by atoms with E-state index in [0.717, 1.165) is 25.9 Å². The van der Waals surface area contributed by atoms with Gasteiger partial charge in [0.05, 0.1) is 38.2 Å². The molecule has 2 saturated heterocycles. The number of imide groups is 1. The number of carbonyl (C=O) groups is 2. The van der Waals surface area contributed by atoms with Crippen LogP contribution in [0.1, 0.15) is 36.3 Å². The van der Waals surface area contributed by atoms with Crippen molar-refractivity contribution in [3.63, 3.8) is 0 Å². The Kier molecular flexibility index (Phi) is 6.29. The molecule has 2 aliphatic heterocycles. The molecule has 0 radical (unpaired) electrons. The standard InChI is InChI=1S/C25H28FN5O4/c1-34-18-4-3-17(23(11-18)35-2)14-30-24(32)7-10-29(25(30)33)22-13-28-31-15-19(20(26)12-21(22)31)16-5-8-27-9-6-16/h3-4,11-13,15-16,27H,5-10,14H2,1-2H3. The number of amides is 3. The maximum Gasteiger partial charge on any atom is 0.331 e. The number of pyridine rings is 1. The highest BCUT2D eigenvalue weighted by Gasteiger charge is 2.35. The number of methoxy groups -OCH3 is 2. The van der Waals surface area contributed by atoms with E-state index in [-0.39, 0.29) is 37.2 Å². The molecule has 2 fully saturated rings. The van der Waals surface area contributed by atoms with Crippen molar-refractivity contribution in [2.24, 2.45) is 0 Å². The van der Waals surface area contributed by atoms with Gasteiger partial charge in [0.15, 0.2) is 0 Å². The van der Waals surface area contributed by atoms with Gasteiger partial charge in [-0.15, -0.1) is 0 Å². The number of nitrogens with zero attached hydrogens (tertiary/aromatic N) is 4. The topological polar surface area (TPSA) is 88.4 Å². The maximum absolute atomic E-state index is 15.1. The van der Waals surface area contributed by atoms with E-state index in [9.17, 15) is 9.59 Å². The lowest BCUT2D eigenvalue weighted by Crippen LogP contribution is -2.52. The van der Waals surface area contributed by atoms with Crippen LogP contribution in [0.15, 0.2) is 36.7 Å². The fourth-order valence-corrected chi connectivity index (χ4v) is 4.87. The second-order valence-corrected chi connectivity index (χ2v) is 8.80. The first-order valence-electron chi connectivity index (χ1n) is 11.7. The predicted octanol–water partition coefficient (Wildman–Crippen LogP) is 3.32. The normalized spacial score (nSPS) is 17.3. The van der Waals surface area contributed by atoms with Crippen molar-refractivity contribution >= 4 is 23.1 Å². The summed E-state index contributed by atoms with van der Waals surface area (Å²) >= 11 is 0. The molecule has 4 heterocycles. The molecule has 5 rings (SSSR count). The van der Waals surface area contributed by atoms with E-state index < -0.39 is 6.03 Å². The second kappa shape index (κ2) is 9.53. The Balaban J connectivity index is 1.43. The minimum Gasteiger partial charge on any atom is -0.497 e. The van der Waals surface area contributed by atoms with Crippen LogP contribution in [0.2, 0.25) is 0 Å². The SMILES string of the molecule is COc1ccc(CN2C(=O)CCN(c3cnn4cc(C5CCNCC5)c(F)cc34)C2=O)c(OC)c1. The van der Waals surface area contributed by atoms with Crippen LogP contribution in [-0.2, 0) is 11.3 Å². The van der Waals surface area contributed by atoms with Gasteiger partial charge in [-0.1, -0.05) is 0 Å². The van der Waals surface area contributed by atoms with E-state index in [4.69, 9.17) is 9.47 Å². The van der Waals surface area contributed by atoms with Gasteiger partial charge in [0.25, 0.3) is 0 Å². The van der Waals surface area contributed by atoms with Crippen molar-refractivity contribution in [2.75, 3.05) is 38.8 Å². The van der Waals surface area contributed by atoms with E-state index in [0.29, 0.717) is 33.8 Å². The van der Waals surface area contributed by atoms with Crippen molar-refractivity contribution < 1.29 is 23.5 Å². The van der Waals surface area contributed by atoms with Crippen molar-refractivity contribution in [3.8, 4) is 11.5 Å². The number of piperidine rings is 1. The minimum absolute atomic E-state index is 0.0504. The molecule has 1 N–H and O–H groups in total. The Bertz CT molecular complexity index is 1270. The van der Waals surface area contributed by atoms with E-state index >= 15 is 4.39 Å². The average Bonchev–Trinajstić information content (AvgIpc) is 3.29. The Morgan fingerprint density at radius 1 is 1.14 bits per heavy atom. The smallest absolute Gasteiger partial charge is 0.331 e. The summed E-state index contributed by atoms with van der Waals surface area (Å²) in [6.45, 7) is 1.97. The van der Waals surface area contributed by atoms with Crippen molar-refractivity contribution in [1.29, 1.82) is 0 Å². The van der Waals surface area contributed by atoms with Crippen molar-refractivity contribution in [2.45, 2.75) is 31.7 Å². The van der Waals surface area contributed by atoms with Crippen LogP contribution in [0.3, 0.4) is 0 Å². The number of ether oxygens (including phenoxy) is 2. The summed E-state index contributed by atoms with van der Waals surface area (Å²) in [6, 6.07) is 6.20. The summed E-state index contributed by atoms with van der Waals surface area (Å²) in [5.41, 5.74) is 2.28. The molecule has 0 bridgehead atoms. The zero-order chi connectivity index (χ0) is 24.5. The average molecular weight is 482 g/mol. The monoisotopic (exact) mass is 481 g/mol. The fraction of sp³-hybridized carbons (Fsp3) is 0.400. The van der Waals surface area contributed by atoms with Gasteiger partial charge >= 0.3 is 6.03 Å². The summed E-state index contributed by atoms with van der Waals surface area (Å²) in [4.78, 5) is 28.8. The molecule has 3 amide bonds. The number of fused-ring (bicyclic) bond motifs is 1. The molecule has 9 nitrogen and oxygen atoms in total. The van der Waals surface area contributed by atoms with Gasteiger partial charge in [0.2, 0.25) is 5.91 Å². The van der Waals surface area contributed by atoms with Crippen LogP contribution in [0.4, 0.5) is 14.9 Å². The highest BCUT2D eigenvalue weighted by Crippen LogP contribution is 2.33. The quantitative estimate of drug-likeness (QED) is 0.581. The van der Waals surface area contributed by atoms with Crippen LogP contribution >= 0.6 is 0 Å². The summed E-state index contributed by atoms with van der Waals surface area (Å²) < 4.78 is 27.4. The lowest BCUT2D eigenvalue weighted by atomic mass is 9.91. The first kappa shape index (κ1) is 23.1. The number of hydrogen-bond donors (Lipinski definition) is 1. The molecule has 0 saturated carbocycles. The molecule has 2 aliphatic rings. The molecule has 0 spiro atoms. The number of urea groups is 1. The van der Waals surface area contributed by atoms with Gasteiger partial charge in [-0.2, -0.15) is 5.10 Å². The third kappa shape index (κ3) is 4.29. The number of benzene rings is 1. The molecule has 0 aliphatic carbocycles. The first-order valence-corrected chi connectivity index (χ1v) is 11.7. The van der Waals surface area contributed by atoms with Crippen LogP contribution in [0.5, 0.6) is 11.5 Å². The van der Waals surface area contributed by atoms with Crippen molar-refractivity contribution in [1.82, 2.24) is 19.8 Å². The van der Waals surface area contributed by atoms with Gasteiger partial charge in [0.1, 0.15) is 17.3 Å². The van der Waals surface area contributed by atoms with Gasteiger partial charge in [-0.05, 0) is 44.0 Å². The first-order chi connectivity index (χ1) is 17.0. The predicted molar refractivity (Wildman–Crippen MR) is 127 cm³/mol. The molecule has 3 aromatic rings. The Morgan fingerprint density at radius 2 is 1.94 bits per heavy atom. The summed E-state index contributed by atoms with van der Waals surface area (Å²) in [5.74, 6) is 0.690. The number of carbonyl (C=O) groups excluding carboxylic acids is 2.